The van der Waals surface area contributed by atoms with Gasteiger partial charge in [-0.1, -0.05) is 73.6 Å². The van der Waals surface area contributed by atoms with Crippen molar-refractivity contribution in [2.24, 2.45) is 10.8 Å². The van der Waals surface area contributed by atoms with Gasteiger partial charge in [-0.2, -0.15) is 0 Å². The minimum absolute atomic E-state index is 0.0832. The average molecular weight is 377 g/mol. The first-order valence-electron chi connectivity index (χ1n) is 10.6. The van der Waals surface area contributed by atoms with E-state index in [2.05, 4.69) is 115 Å². The van der Waals surface area contributed by atoms with Crippen LogP contribution in [-0.2, 0) is 10.8 Å². The molecule has 0 N–H and O–H groups in total. The van der Waals surface area contributed by atoms with Crippen molar-refractivity contribution in [3.8, 4) is 0 Å². The van der Waals surface area contributed by atoms with Crippen LogP contribution in [0.2, 0.25) is 0 Å². The summed E-state index contributed by atoms with van der Waals surface area (Å²) >= 11 is 0. The van der Waals surface area contributed by atoms with Crippen molar-refractivity contribution in [3.63, 3.8) is 0 Å². The Morgan fingerprint density at radius 3 is 1.64 bits per heavy atom. The molecule has 0 bridgehead atoms. The van der Waals surface area contributed by atoms with E-state index in [4.69, 9.17) is 0 Å². The molecule has 4 rings (SSSR count). The van der Waals surface area contributed by atoms with Gasteiger partial charge >= 0.3 is 0 Å². The molecule has 0 atom stereocenters. The lowest BCUT2D eigenvalue weighted by Gasteiger charge is -2.64. The van der Waals surface area contributed by atoms with Crippen molar-refractivity contribution in [2.45, 2.75) is 66.2 Å². The van der Waals surface area contributed by atoms with E-state index in [0.717, 1.165) is 6.67 Å². The van der Waals surface area contributed by atoms with E-state index in [1.807, 2.05) is 0 Å². The van der Waals surface area contributed by atoms with Crippen LogP contribution in [0.15, 0.2) is 42.5 Å². The van der Waals surface area contributed by atoms with Crippen molar-refractivity contribution < 1.29 is 0 Å². The van der Waals surface area contributed by atoms with Crippen molar-refractivity contribution in [3.05, 3.63) is 53.6 Å². The minimum Gasteiger partial charge on any atom is -0.355 e. The molecule has 1 heterocycles. The number of para-hydroxylation sites is 1. The molecule has 0 amide bonds. The molecule has 0 aromatic heterocycles. The molecule has 150 valence electrons. The Hall–Kier alpha value is -1.96. The number of rotatable bonds is 1. The molecule has 0 fully saturated rings. The summed E-state index contributed by atoms with van der Waals surface area (Å²) in [6, 6.07) is 15.8. The van der Waals surface area contributed by atoms with Gasteiger partial charge in [0.05, 0.1) is 18.0 Å². The average Bonchev–Trinajstić information content (AvgIpc) is 2.96. The SMILES string of the molecule is CN1CN(c2ccccc2)c2cc3c(cc21)C(C)(C)C(C)(C)C(C)(C)C3(C)C. The van der Waals surface area contributed by atoms with Gasteiger partial charge in [0.2, 0.25) is 0 Å². The molecular formula is C26H36N2. The summed E-state index contributed by atoms with van der Waals surface area (Å²) in [7, 11) is 2.21. The topological polar surface area (TPSA) is 6.48 Å². The molecule has 0 saturated heterocycles. The van der Waals surface area contributed by atoms with Gasteiger partial charge in [0.1, 0.15) is 0 Å². The van der Waals surface area contributed by atoms with Gasteiger partial charge in [0.25, 0.3) is 0 Å². The van der Waals surface area contributed by atoms with Gasteiger partial charge in [-0.25, -0.2) is 0 Å². The van der Waals surface area contributed by atoms with Gasteiger partial charge < -0.3 is 9.80 Å². The van der Waals surface area contributed by atoms with Crippen LogP contribution in [0.5, 0.6) is 0 Å². The predicted octanol–water partition coefficient (Wildman–Crippen LogP) is 6.85. The monoisotopic (exact) mass is 376 g/mol. The third-order valence-electron chi connectivity index (χ3n) is 9.27. The second kappa shape index (κ2) is 5.55. The van der Waals surface area contributed by atoms with Crippen LogP contribution in [0, 0.1) is 10.8 Å². The third-order valence-corrected chi connectivity index (χ3v) is 9.27. The Kier molecular flexibility index (Phi) is 3.84. The van der Waals surface area contributed by atoms with Crippen LogP contribution >= 0.6 is 0 Å². The molecule has 2 nitrogen and oxygen atoms in total. The summed E-state index contributed by atoms with van der Waals surface area (Å²) < 4.78 is 0. The highest BCUT2D eigenvalue weighted by molar-refractivity contribution is 5.84. The Labute approximate surface area is 171 Å². The lowest BCUT2D eigenvalue weighted by Crippen LogP contribution is -2.59. The molecule has 0 spiro atoms. The molecule has 28 heavy (non-hydrogen) atoms. The minimum atomic E-state index is 0.0832. The van der Waals surface area contributed by atoms with Gasteiger partial charge in [-0.3, -0.25) is 0 Å². The maximum atomic E-state index is 2.50. The molecule has 1 aliphatic heterocycles. The third kappa shape index (κ3) is 2.15. The lowest BCUT2D eigenvalue weighted by molar-refractivity contribution is -0.0440. The number of fused-ring (bicyclic) bond motifs is 2. The molecule has 2 aromatic rings. The maximum absolute atomic E-state index is 2.50. The number of hydrogen-bond donors (Lipinski definition) is 0. The number of anilines is 3. The summed E-state index contributed by atoms with van der Waals surface area (Å²) in [4.78, 5) is 4.84. The molecule has 0 saturated carbocycles. The highest BCUT2D eigenvalue weighted by Crippen LogP contribution is 2.66. The van der Waals surface area contributed by atoms with E-state index < -0.39 is 0 Å². The quantitative estimate of drug-likeness (QED) is 0.537. The molecular weight excluding hydrogens is 340 g/mol. The van der Waals surface area contributed by atoms with Crippen molar-refractivity contribution >= 4 is 17.1 Å². The van der Waals surface area contributed by atoms with Crippen LogP contribution in [0.1, 0.15) is 66.5 Å². The second-order valence-corrected chi connectivity index (χ2v) is 11.0. The van der Waals surface area contributed by atoms with E-state index in [1.54, 1.807) is 0 Å². The molecule has 1 aliphatic carbocycles. The summed E-state index contributed by atoms with van der Waals surface area (Å²) in [5.41, 5.74) is 7.49. The zero-order chi connectivity index (χ0) is 20.7. The van der Waals surface area contributed by atoms with Gasteiger partial charge in [-0.15, -0.1) is 0 Å². The Morgan fingerprint density at radius 2 is 1.14 bits per heavy atom. The van der Waals surface area contributed by atoms with Crippen molar-refractivity contribution in [2.75, 3.05) is 23.5 Å². The van der Waals surface area contributed by atoms with Crippen LogP contribution < -0.4 is 9.80 Å². The number of nitrogens with zero attached hydrogens (tertiary/aromatic N) is 2. The number of hydrogen-bond acceptors (Lipinski definition) is 2. The first kappa shape index (κ1) is 19.4. The normalized spacial score (nSPS) is 23.3. The summed E-state index contributed by atoms with van der Waals surface area (Å²) in [6.07, 6.45) is 0. The zero-order valence-corrected chi connectivity index (χ0v) is 19.1. The fourth-order valence-electron chi connectivity index (χ4n) is 5.56. The van der Waals surface area contributed by atoms with Crippen LogP contribution in [0.3, 0.4) is 0 Å². The van der Waals surface area contributed by atoms with Crippen LogP contribution in [0.4, 0.5) is 17.1 Å². The van der Waals surface area contributed by atoms with Crippen molar-refractivity contribution in [1.29, 1.82) is 0 Å². The van der Waals surface area contributed by atoms with Gasteiger partial charge in [0.15, 0.2) is 0 Å². The number of benzene rings is 2. The molecule has 0 radical (unpaired) electrons. The predicted molar refractivity (Wildman–Crippen MR) is 122 cm³/mol. The van der Waals surface area contributed by atoms with Crippen LogP contribution in [0.25, 0.3) is 0 Å². The fourth-order valence-corrected chi connectivity index (χ4v) is 5.56. The second-order valence-electron chi connectivity index (χ2n) is 11.0. The van der Waals surface area contributed by atoms with Crippen LogP contribution in [-0.4, -0.2) is 13.7 Å². The Balaban J connectivity index is 1.99. The van der Waals surface area contributed by atoms with E-state index in [0.29, 0.717) is 0 Å². The summed E-state index contributed by atoms with van der Waals surface area (Å²) in [6.45, 7) is 20.5. The molecule has 2 aliphatic rings. The van der Waals surface area contributed by atoms with Gasteiger partial charge in [-0.05, 0) is 57.1 Å². The summed E-state index contributed by atoms with van der Waals surface area (Å²) in [5, 5.41) is 0. The highest BCUT2D eigenvalue weighted by atomic mass is 15.4. The highest BCUT2D eigenvalue weighted by Gasteiger charge is 2.60. The largest absolute Gasteiger partial charge is 0.355 e. The molecule has 0 unspecified atom stereocenters. The standard InChI is InChI=1S/C26H36N2/c1-23(2)19-15-21-22(28(17-27(21)9)18-13-11-10-12-14-18)16-20(19)24(3,4)26(7,8)25(23,5)6/h10-16H,17H2,1-9H3. The first-order valence-corrected chi connectivity index (χ1v) is 10.6. The first-order chi connectivity index (χ1) is 12.8. The zero-order valence-electron chi connectivity index (χ0n) is 19.1. The Morgan fingerprint density at radius 1 is 0.679 bits per heavy atom. The summed E-state index contributed by atoms with van der Waals surface area (Å²) in [5.74, 6) is 0. The van der Waals surface area contributed by atoms with E-state index in [-0.39, 0.29) is 21.7 Å². The Bertz CT molecular complexity index is 919. The van der Waals surface area contributed by atoms with E-state index in [9.17, 15) is 0 Å². The lowest BCUT2D eigenvalue weighted by atomic mass is 9.40. The smallest absolute Gasteiger partial charge is 0.0950 e. The van der Waals surface area contributed by atoms with Crippen molar-refractivity contribution in [1.82, 2.24) is 0 Å². The fraction of sp³-hybridized carbons (Fsp3) is 0.538. The maximum Gasteiger partial charge on any atom is 0.0950 e. The van der Waals surface area contributed by atoms with Gasteiger partial charge in [0, 0.05) is 12.7 Å². The molecule has 2 aromatic carbocycles. The van der Waals surface area contributed by atoms with E-state index >= 15 is 0 Å². The van der Waals surface area contributed by atoms with E-state index in [1.165, 1.54) is 28.2 Å². The molecule has 2 heteroatoms.